The number of hydrogen-bond acceptors (Lipinski definition) is 3. The first-order valence-electron chi connectivity index (χ1n) is 5.38. The Kier molecular flexibility index (Phi) is 4.43. The number of rotatable bonds is 5. The van der Waals surface area contributed by atoms with Crippen molar-refractivity contribution in [2.75, 3.05) is 25.1 Å². The fraction of sp³-hybridized carbons (Fsp3) is 0.500. The minimum absolute atomic E-state index is 0.565. The van der Waals surface area contributed by atoms with Gasteiger partial charge >= 0.3 is 0 Å². The predicted molar refractivity (Wildman–Crippen MR) is 64.4 cm³/mol. The minimum atomic E-state index is 0.565. The van der Waals surface area contributed by atoms with Crippen LogP contribution in [0.1, 0.15) is 19.4 Å². The van der Waals surface area contributed by atoms with E-state index < -0.39 is 0 Å². The van der Waals surface area contributed by atoms with Crippen molar-refractivity contribution >= 4 is 5.69 Å². The van der Waals surface area contributed by atoms with Crippen molar-refractivity contribution in [3.63, 3.8) is 0 Å². The first kappa shape index (κ1) is 11.9. The number of nitrogens with zero attached hydrogens (tertiary/aromatic N) is 1. The monoisotopic (exact) mass is 208 g/mol. The van der Waals surface area contributed by atoms with Gasteiger partial charge in [0.15, 0.2) is 0 Å². The summed E-state index contributed by atoms with van der Waals surface area (Å²) in [5.41, 5.74) is 8.07. The lowest BCUT2D eigenvalue weighted by Gasteiger charge is -2.24. The molecule has 0 bridgehead atoms. The molecule has 0 aliphatic rings. The number of anilines is 1. The van der Waals surface area contributed by atoms with Crippen LogP contribution in [0.25, 0.3) is 0 Å². The quantitative estimate of drug-likeness (QED) is 0.804. The summed E-state index contributed by atoms with van der Waals surface area (Å²) in [5, 5.41) is 0. The van der Waals surface area contributed by atoms with E-state index in [2.05, 4.69) is 24.8 Å². The number of ether oxygens (including phenoxy) is 1. The number of nitrogens with two attached hydrogens (primary N) is 1. The molecule has 0 spiro atoms. The highest BCUT2D eigenvalue weighted by atomic mass is 16.5. The molecule has 0 fully saturated rings. The average Bonchev–Trinajstić information content (AvgIpc) is 2.30. The predicted octanol–water partition coefficient (Wildman–Crippen LogP) is 2.00. The molecule has 3 heteroatoms. The van der Waals surface area contributed by atoms with Gasteiger partial charge in [-0.1, -0.05) is 6.07 Å². The van der Waals surface area contributed by atoms with Gasteiger partial charge in [-0.3, -0.25) is 0 Å². The Morgan fingerprint density at radius 3 is 2.40 bits per heavy atom. The van der Waals surface area contributed by atoms with Gasteiger partial charge in [-0.25, -0.2) is 0 Å². The Morgan fingerprint density at radius 2 is 1.93 bits per heavy atom. The summed E-state index contributed by atoms with van der Waals surface area (Å²) in [6, 6.07) is 6.04. The molecule has 0 unspecified atom stereocenters. The lowest BCUT2D eigenvalue weighted by molar-refractivity contribution is 0.414. The van der Waals surface area contributed by atoms with E-state index in [-0.39, 0.29) is 0 Å². The third kappa shape index (κ3) is 2.63. The first-order chi connectivity index (χ1) is 7.26. The standard InChI is InChI=1S/C12H20N2O/c1-4-14(5-2)12-8-11(15-3)7-6-10(12)9-13/h6-8H,4-5,9,13H2,1-3H3. The van der Waals surface area contributed by atoms with Crippen molar-refractivity contribution in [3.8, 4) is 5.75 Å². The van der Waals surface area contributed by atoms with E-state index in [0.717, 1.165) is 18.8 Å². The minimum Gasteiger partial charge on any atom is -0.497 e. The SMILES string of the molecule is CCN(CC)c1cc(OC)ccc1CN. The third-order valence-electron chi connectivity index (χ3n) is 2.62. The molecule has 0 aromatic heterocycles. The van der Waals surface area contributed by atoms with Gasteiger partial charge in [0.1, 0.15) is 5.75 Å². The van der Waals surface area contributed by atoms with Crippen molar-refractivity contribution in [2.24, 2.45) is 5.73 Å². The topological polar surface area (TPSA) is 38.5 Å². The zero-order valence-electron chi connectivity index (χ0n) is 9.79. The fourth-order valence-electron chi connectivity index (χ4n) is 1.70. The molecule has 0 saturated carbocycles. The van der Waals surface area contributed by atoms with Crippen molar-refractivity contribution < 1.29 is 4.74 Å². The Morgan fingerprint density at radius 1 is 1.27 bits per heavy atom. The van der Waals surface area contributed by atoms with Crippen LogP contribution >= 0.6 is 0 Å². The summed E-state index contributed by atoms with van der Waals surface area (Å²) < 4.78 is 5.23. The zero-order chi connectivity index (χ0) is 11.3. The zero-order valence-corrected chi connectivity index (χ0v) is 9.79. The van der Waals surface area contributed by atoms with Crippen LogP contribution in [-0.4, -0.2) is 20.2 Å². The second-order valence-electron chi connectivity index (χ2n) is 3.37. The number of hydrogen-bond donors (Lipinski definition) is 1. The molecule has 0 aliphatic carbocycles. The third-order valence-corrected chi connectivity index (χ3v) is 2.62. The van der Waals surface area contributed by atoms with E-state index in [9.17, 15) is 0 Å². The Hall–Kier alpha value is -1.22. The summed E-state index contributed by atoms with van der Waals surface area (Å²) in [4.78, 5) is 2.28. The van der Waals surface area contributed by atoms with E-state index in [1.807, 2.05) is 12.1 Å². The molecule has 84 valence electrons. The van der Waals surface area contributed by atoms with Crippen LogP contribution in [-0.2, 0) is 6.54 Å². The van der Waals surface area contributed by atoms with Crippen molar-refractivity contribution in [2.45, 2.75) is 20.4 Å². The molecule has 0 saturated heterocycles. The van der Waals surface area contributed by atoms with Gasteiger partial charge in [-0.15, -0.1) is 0 Å². The van der Waals surface area contributed by atoms with E-state index in [4.69, 9.17) is 10.5 Å². The lowest BCUT2D eigenvalue weighted by atomic mass is 10.1. The maximum atomic E-state index is 5.72. The maximum Gasteiger partial charge on any atom is 0.120 e. The fourth-order valence-corrected chi connectivity index (χ4v) is 1.70. The highest BCUT2D eigenvalue weighted by Gasteiger charge is 2.08. The van der Waals surface area contributed by atoms with Gasteiger partial charge in [0, 0.05) is 31.4 Å². The van der Waals surface area contributed by atoms with Crippen molar-refractivity contribution in [1.82, 2.24) is 0 Å². The van der Waals surface area contributed by atoms with Gasteiger partial charge in [0.25, 0.3) is 0 Å². The molecule has 0 radical (unpaired) electrons. The van der Waals surface area contributed by atoms with Crippen LogP contribution in [0.2, 0.25) is 0 Å². The van der Waals surface area contributed by atoms with Crippen LogP contribution in [0.15, 0.2) is 18.2 Å². The molecule has 0 amide bonds. The summed E-state index contributed by atoms with van der Waals surface area (Å²) >= 11 is 0. The van der Waals surface area contributed by atoms with E-state index >= 15 is 0 Å². The normalized spacial score (nSPS) is 10.1. The number of benzene rings is 1. The smallest absolute Gasteiger partial charge is 0.120 e. The van der Waals surface area contributed by atoms with Crippen LogP contribution in [0.5, 0.6) is 5.75 Å². The van der Waals surface area contributed by atoms with Crippen LogP contribution in [0, 0.1) is 0 Å². The summed E-state index contributed by atoms with van der Waals surface area (Å²) in [6.07, 6.45) is 0. The highest BCUT2D eigenvalue weighted by Crippen LogP contribution is 2.25. The molecule has 1 aromatic carbocycles. The Bertz CT molecular complexity index is 308. The molecule has 1 aromatic rings. The van der Waals surface area contributed by atoms with E-state index in [1.165, 1.54) is 11.3 Å². The molecule has 0 atom stereocenters. The molecular formula is C12H20N2O. The van der Waals surface area contributed by atoms with Crippen LogP contribution < -0.4 is 15.4 Å². The van der Waals surface area contributed by atoms with Crippen LogP contribution in [0.3, 0.4) is 0 Å². The summed E-state index contributed by atoms with van der Waals surface area (Å²) in [7, 11) is 1.68. The second-order valence-corrected chi connectivity index (χ2v) is 3.37. The van der Waals surface area contributed by atoms with Gasteiger partial charge in [0.05, 0.1) is 7.11 Å². The number of methoxy groups -OCH3 is 1. The maximum absolute atomic E-state index is 5.72. The molecule has 15 heavy (non-hydrogen) atoms. The highest BCUT2D eigenvalue weighted by molar-refractivity contribution is 5.57. The lowest BCUT2D eigenvalue weighted by Crippen LogP contribution is -2.23. The Labute approximate surface area is 91.8 Å². The van der Waals surface area contributed by atoms with Gasteiger partial charge in [-0.05, 0) is 25.5 Å². The first-order valence-corrected chi connectivity index (χ1v) is 5.38. The Balaban J connectivity index is 3.09. The summed E-state index contributed by atoms with van der Waals surface area (Å²) in [5.74, 6) is 0.883. The van der Waals surface area contributed by atoms with Gasteiger partial charge in [-0.2, -0.15) is 0 Å². The van der Waals surface area contributed by atoms with Gasteiger partial charge < -0.3 is 15.4 Å². The van der Waals surface area contributed by atoms with E-state index in [0.29, 0.717) is 6.54 Å². The molecular weight excluding hydrogens is 188 g/mol. The molecule has 2 N–H and O–H groups in total. The van der Waals surface area contributed by atoms with Crippen molar-refractivity contribution in [1.29, 1.82) is 0 Å². The van der Waals surface area contributed by atoms with Crippen LogP contribution in [0.4, 0.5) is 5.69 Å². The second kappa shape index (κ2) is 5.61. The van der Waals surface area contributed by atoms with E-state index in [1.54, 1.807) is 7.11 Å². The largest absolute Gasteiger partial charge is 0.497 e. The molecule has 3 nitrogen and oxygen atoms in total. The van der Waals surface area contributed by atoms with Crippen molar-refractivity contribution in [3.05, 3.63) is 23.8 Å². The van der Waals surface area contributed by atoms with Gasteiger partial charge in [0.2, 0.25) is 0 Å². The summed E-state index contributed by atoms with van der Waals surface area (Å²) in [6.45, 7) is 6.82. The molecule has 0 heterocycles. The average molecular weight is 208 g/mol. The molecule has 1 rings (SSSR count). The molecule has 0 aliphatic heterocycles.